The second-order valence-electron chi connectivity index (χ2n) is 4.35. The Hall–Kier alpha value is -1.34. The Balaban J connectivity index is 2.29. The van der Waals surface area contributed by atoms with Gasteiger partial charge in [-0.3, -0.25) is 0 Å². The topological polar surface area (TPSA) is 44.5 Å². The van der Waals surface area contributed by atoms with Gasteiger partial charge in [0, 0.05) is 12.5 Å². The normalized spacial score (nSPS) is 13.3. The molecule has 0 bridgehead atoms. The molecule has 1 aromatic rings. The Morgan fingerprint density at radius 1 is 1.25 bits per heavy atom. The molecule has 1 rings (SSSR count). The molecule has 114 valence electrons. The van der Waals surface area contributed by atoms with Gasteiger partial charge < -0.3 is 15.2 Å². The minimum Gasteiger partial charge on any atom is -0.490 e. The summed E-state index contributed by atoms with van der Waals surface area (Å²) in [4.78, 5) is 0. The van der Waals surface area contributed by atoms with Crippen molar-refractivity contribution in [3.63, 3.8) is 0 Å². The molecule has 7 heteroatoms. The lowest BCUT2D eigenvalue weighted by atomic mass is 10.1. The number of hydrogen-bond acceptors (Lipinski definition) is 3. The third-order valence-corrected chi connectivity index (χ3v) is 2.44. The molecule has 2 N–H and O–H groups in total. The van der Waals surface area contributed by atoms with Crippen LogP contribution < -0.4 is 10.5 Å². The second-order valence-corrected chi connectivity index (χ2v) is 4.35. The van der Waals surface area contributed by atoms with Gasteiger partial charge in [-0.15, -0.1) is 0 Å². The first-order chi connectivity index (χ1) is 9.29. The number of rotatable bonds is 7. The third kappa shape index (κ3) is 6.21. The van der Waals surface area contributed by atoms with E-state index in [0.717, 1.165) is 0 Å². The van der Waals surface area contributed by atoms with Gasteiger partial charge in [0.25, 0.3) is 0 Å². The van der Waals surface area contributed by atoms with Crippen molar-refractivity contribution in [3.05, 3.63) is 29.6 Å². The van der Waals surface area contributed by atoms with Crippen molar-refractivity contribution in [1.29, 1.82) is 0 Å². The largest absolute Gasteiger partial charge is 0.490 e. The predicted octanol–water partition coefficient (Wildman–Crippen LogP) is 3.19. The lowest BCUT2D eigenvalue weighted by Crippen LogP contribution is -2.18. The molecule has 3 nitrogen and oxygen atoms in total. The highest BCUT2D eigenvalue weighted by Crippen LogP contribution is 2.21. The standard InChI is InChI=1S/C13H17F4NO2/c1-9(18)10-3-4-12(11(14)7-10)20-6-2-5-19-8-13(15,16)17/h3-4,7,9H,2,5-6,8,18H2,1H3/t9-/m0/s1. The number of benzene rings is 1. The Kier molecular flexibility index (Phi) is 6.22. The lowest BCUT2D eigenvalue weighted by molar-refractivity contribution is -0.174. The van der Waals surface area contributed by atoms with Crippen LogP contribution in [-0.2, 0) is 4.74 Å². The fourth-order valence-electron chi connectivity index (χ4n) is 1.45. The van der Waals surface area contributed by atoms with E-state index < -0.39 is 18.6 Å². The van der Waals surface area contributed by atoms with Gasteiger partial charge in [0.2, 0.25) is 0 Å². The summed E-state index contributed by atoms with van der Waals surface area (Å²) in [5.74, 6) is -0.499. The molecule has 0 spiro atoms. The van der Waals surface area contributed by atoms with Crippen molar-refractivity contribution in [2.24, 2.45) is 5.73 Å². The first-order valence-corrected chi connectivity index (χ1v) is 6.12. The zero-order valence-electron chi connectivity index (χ0n) is 11.0. The van der Waals surface area contributed by atoms with Crippen LogP contribution in [0.5, 0.6) is 5.75 Å². The van der Waals surface area contributed by atoms with Crippen LogP contribution in [0.25, 0.3) is 0 Å². The van der Waals surface area contributed by atoms with Crippen molar-refractivity contribution in [3.8, 4) is 5.75 Å². The van der Waals surface area contributed by atoms with E-state index in [1.807, 2.05) is 0 Å². The zero-order chi connectivity index (χ0) is 15.2. The number of hydrogen-bond donors (Lipinski definition) is 1. The van der Waals surface area contributed by atoms with Crippen molar-refractivity contribution < 1.29 is 27.0 Å². The summed E-state index contributed by atoms with van der Waals surface area (Å²) < 4.78 is 58.4. The Morgan fingerprint density at radius 3 is 2.50 bits per heavy atom. The van der Waals surface area contributed by atoms with E-state index in [0.29, 0.717) is 5.56 Å². The molecule has 0 amide bonds. The molecule has 0 saturated carbocycles. The molecular formula is C13H17F4NO2. The summed E-state index contributed by atoms with van der Waals surface area (Å²) in [5, 5.41) is 0. The highest BCUT2D eigenvalue weighted by molar-refractivity contribution is 5.30. The summed E-state index contributed by atoms with van der Waals surface area (Å²) in [6, 6.07) is 4.09. The Bertz CT molecular complexity index is 421. The van der Waals surface area contributed by atoms with Gasteiger partial charge in [-0.1, -0.05) is 6.07 Å². The first kappa shape index (κ1) is 16.7. The van der Waals surface area contributed by atoms with Gasteiger partial charge in [0.15, 0.2) is 11.6 Å². The molecule has 0 saturated heterocycles. The lowest BCUT2D eigenvalue weighted by Gasteiger charge is -2.11. The van der Waals surface area contributed by atoms with Crippen LogP contribution in [-0.4, -0.2) is 26.0 Å². The van der Waals surface area contributed by atoms with Gasteiger partial charge in [-0.2, -0.15) is 13.2 Å². The van der Waals surface area contributed by atoms with E-state index in [2.05, 4.69) is 4.74 Å². The van der Waals surface area contributed by atoms with Crippen LogP contribution in [0.2, 0.25) is 0 Å². The van der Waals surface area contributed by atoms with Gasteiger partial charge in [0.05, 0.1) is 13.2 Å². The number of ether oxygens (including phenoxy) is 2. The Labute approximate surface area is 114 Å². The van der Waals surface area contributed by atoms with Gasteiger partial charge in [0.1, 0.15) is 6.61 Å². The smallest absolute Gasteiger partial charge is 0.411 e. The summed E-state index contributed by atoms with van der Waals surface area (Å²) >= 11 is 0. The highest BCUT2D eigenvalue weighted by atomic mass is 19.4. The summed E-state index contributed by atoms with van der Waals surface area (Å²) in [6.07, 6.45) is -4.09. The van der Waals surface area contributed by atoms with Crippen LogP contribution in [0.15, 0.2) is 18.2 Å². The molecule has 0 aromatic heterocycles. The summed E-state index contributed by atoms with van der Waals surface area (Å²) in [7, 11) is 0. The first-order valence-electron chi connectivity index (χ1n) is 6.12. The molecule has 0 heterocycles. The van der Waals surface area contributed by atoms with Crippen molar-refractivity contribution >= 4 is 0 Å². The van der Waals surface area contributed by atoms with E-state index >= 15 is 0 Å². The van der Waals surface area contributed by atoms with Crippen LogP contribution in [0.3, 0.4) is 0 Å². The van der Waals surface area contributed by atoms with E-state index in [4.69, 9.17) is 10.5 Å². The van der Waals surface area contributed by atoms with Crippen LogP contribution in [0, 0.1) is 5.82 Å². The molecular weight excluding hydrogens is 278 g/mol. The third-order valence-electron chi connectivity index (χ3n) is 2.44. The number of nitrogens with two attached hydrogens (primary N) is 1. The molecule has 20 heavy (non-hydrogen) atoms. The van der Waals surface area contributed by atoms with Crippen molar-refractivity contribution in [1.82, 2.24) is 0 Å². The molecule has 0 aliphatic heterocycles. The Morgan fingerprint density at radius 2 is 1.95 bits per heavy atom. The fraction of sp³-hybridized carbons (Fsp3) is 0.538. The number of halogens is 4. The molecule has 0 unspecified atom stereocenters. The van der Waals surface area contributed by atoms with E-state index in [-0.39, 0.29) is 31.4 Å². The molecule has 1 atom stereocenters. The predicted molar refractivity (Wildman–Crippen MR) is 66.0 cm³/mol. The maximum atomic E-state index is 13.6. The van der Waals surface area contributed by atoms with Gasteiger partial charge in [-0.25, -0.2) is 4.39 Å². The fourth-order valence-corrected chi connectivity index (χ4v) is 1.45. The SMILES string of the molecule is C[C@H](N)c1ccc(OCCCOCC(F)(F)F)c(F)c1. The zero-order valence-corrected chi connectivity index (χ0v) is 11.0. The minimum atomic E-state index is -4.33. The average molecular weight is 295 g/mol. The van der Waals surface area contributed by atoms with Crippen LogP contribution >= 0.6 is 0 Å². The molecule has 0 aliphatic rings. The molecule has 0 aliphatic carbocycles. The van der Waals surface area contributed by atoms with Crippen LogP contribution in [0.4, 0.5) is 17.6 Å². The van der Waals surface area contributed by atoms with E-state index in [9.17, 15) is 17.6 Å². The maximum absolute atomic E-state index is 13.6. The summed E-state index contributed by atoms with van der Waals surface area (Å²) in [6.45, 7) is 0.420. The van der Waals surface area contributed by atoms with Gasteiger partial charge >= 0.3 is 6.18 Å². The number of alkyl halides is 3. The van der Waals surface area contributed by atoms with Crippen molar-refractivity contribution in [2.45, 2.75) is 25.6 Å². The van der Waals surface area contributed by atoms with E-state index in [1.165, 1.54) is 12.1 Å². The second kappa shape index (κ2) is 7.44. The quantitative estimate of drug-likeness (QED) is 0.620. The maximum Gasteiger partial charge on any atom is 0.411 e. The molecule has 0 fully saturated rings. The monoisotopic (exact) mass is 295 g/mol. The van der Waals surface area contributed by atoms with Gasteiger partial charge in [-0.05, 0) is 24.6 Å². The van der Waals surface area contributed by atoms with Crippen molar-refractivity contribution in [2.75, 3.05) is 19.8 Å². The highest BCUT2D eigenvalue weighted by Gasteiger charge is 2.27. The van der Waals surface area contributed by atoms with E-state index in [1.54, 1.807) is 13.0 Å². The molecule has 0 radical (unpaired) electrons. The summed E-state index contributed by atoms with van der Waals surface area (Å²) in [5.41, 5.74) is 6.25. The van der Waals surface area contributed by atoms with Crippen LogP contribution in [0.1, 0.15) is 24.9 Å². The minimum absolute atomic E-state index is 0.0465. The average Bonchev–Trinajstić information content (AvgIpc) is 2.33. The molecule has 1 aromatic carbocycles.